The van der Waals surface area contributed by atoms with Crippen molar-refractivity contribution in [3.05, 3.63) is 52.7 Å². The molecular formula is C23H27N5O3S. The molecule has 1 aromatic carbocycles. The summed E-state index contributed by atoms with van der Waals surface area (Å²) in [6, 6.07) is 10.0. The van der Waals surface area contributed by atoms with Crippen LogP contribution in [0.25, 0.3) is 10.6 Å². The van der Waals surface area contributed by atoms with Crippen LogP contribution >= 0.6 is 11.3 Å². The predicted octanol–water partition coefficient (Wildman–Crippen LogP) is 3.63. The van der Waals surface area contributed by atoms with Gasteiger partial charge < -0.3 is 14.7 Å². The van der Waals surface area contributed by atoms with Crippen molar-refractivity contribution in [2.75, 3.05) is 38.0 Å². The lowest BCUT2D eigenvalue weighted by atomic mass is 10.0. The van der Waals surface area contributed by atoms with E-state index in [0.717, 1.165) is 10.6 Å². The van der Waals surface area contributed by atoms with Gasteiger partial charge in [0.1, 0.15) is 16.5 Å². The Bertz CT molecular complexity index is 1080. The normalized spacial score (nSPS) is 14.7. The van der Waals surface area contributed by atoms with Gasteiger partial charge in [0.15, 0.2) is 5.82 Å². The summed E-state index contributed by atoms with van der Waals surface area (Å²) in [6.45, 7) is 8.73. The van der Waals surface area contributed by atoms with E-state index < -0.39 is 0 Å². The zero-order valence-corrected chi connectivity index (χ0v) is 19.3. The van der Waals surface area contributed by atoms with Crippen LogP contribution in [0.3, 0.4) is 0 Å². The number of aryl methyl sites for hydroxylation is 1. The van der Waals surface area contributed by atoms with E-state index in [9.17, 15) is 9.59 Å². The lowest BCUT2D eigenvalue weighted by molar-refractivity contribution is -0.117. The van der Waals surface area contributed by atoms with Gasteiger partial charge in [-0.05, 0) is 18.4 Å². The van der Waals surface area contributed by atoms with Gasteiger partial charge in [0.25, 0.3) is 5.91 Å². The van der Waals surface area contributed by atoms with Crippen LogP contribution in [0.1, 0.15) is 41.6 Å². The number of piperazine rings is 1. The Morgan fingerprint density at radius 2 is 1.88 bits per heavy atom. The van der Waals surface area contributed by atoms with Crippen LogP contribution in [-0.2, 0) is 4.79 Å². The molecule has 0 saturated carbocycles. The highest BCUT2D eigenvalue weighted by Gasteiger charge is 2.25. The van der Waals surface area contributed by atoms with E-state index in [1.165, 1.54) is 16.9 Å². The fourth-order valence-electron chi connectivity index (χ4n) is 3.60. The maximum absolute atomic E-state index is 12.9. The molecular weight excluding hydrogens is 426 g/mol. The third-order valence-corrected chi connectivity index (χ3v) is 6.36. The van der Waals surface area contributed by atoms with E-state index in [0.29, 0.717) is 49.4 Å². The highest BCUT2D eigenvalue weighted by atomic mass is 32.1. The van der Waals surface area contributed by atoms with E-state index in [1.807, 2.05) is 10.3 Å². The molecule has 0 atom stereocenters. The van der Waals surface area contributed by atoms with Crippen molar-refractivity contribution >= 4 is 29.0 Å². The lowest BCUT2D eigenvalue weighted by Crippen LogP contribution is -2.50. The monoisotopic (exact) mass is 453 g/mol. The molecule has 0 bridgehead atoms. The number of nitrogens with one attached hydrogen (secondary N) is 1. The van der Waals surface area contributed by atoms with Crippen LogP contribution in [-0.4, -0.2) is 64.5 Å². The molecule has 3 heterocycles. The lowest BCUT2D eigenvalue weighted by Gasteiger charge is -2.33. The zero-order chi connectivity index (χ0) is 22.7. The molecule has 1 aliphatic heterocycles. The number of amides is 2. The van der Waals surface area contributed by atoms with Crippen molar-refractivity contribution in [3.8, 4) is 10.6 Å². The molecule has 1 saturated heterocycles. The summed E-state index contributed by atoms with van der Waals surface area (Å²) >= 11 is 1.49. The Morgan fingerprint density at radius 1 is 1.16 bits per heavy atom. The first-order valence-corrected chi connectivity index (χ1v) is 11.6. The van der Waals surface area contributed by atoms with E-state index >= 15 is 0 Å². The van der Waals surface area contributed by atoms with E-state index in [-0.39, 0.29) is 18.4 Å². The summed E-state index contributed by atoms with van der Waals surface area (Å²) < 4.78 is 4.95. The molecule has 3 aromatic rings. The molecule has 32 heavy (non-hydrogen) atoms. The number of thiazole rings is 1. The third-order valence-electron chi connectivity index (χ3n) is 5.47. The molecule has 0 aliphatic carbocycles. The Balaban J connectivity index is 1.29. The van der Waals surface area contributed by atoms with Crippen molar-refractivity contribution in [3.63, 3.8) is 0 Å². The van der Waals surface area contributed by atoms with Gasteiger partial charge in [-0.3, -0.25) is 14.5 Å². The average molecular weight is 454 g/mol. The SMILES string of the molecule is Cc1cc(NC(=O)CN2CCN(C(=O)c3csc(-c4ccc(C(C)C)cc4)n3)CC2)no1. The quantitative estimate of drug-likeness (QED) is 0.613. The molecule has 1 aliphatic rings. The average Bonchev–Trinajstić information content (AvgIpc) is 3.43. The van der Waals surface area contributed by atoms with Gasteiger partial charge in [-0.25, -0.2) is 4.98 Å². The molecule has 2 aromatic heterocycles. The van der Waals surface area contributed by atoms with Crippen LogP contribution in [0.15, 0.2) is 40.2 Å². The van der Waals surface area contributed by atoms with Crippen molar-refractivity contribution in [2.45, 2.75) is 26.7 Å². The van der Waals surface area contributed by atoms with Gasteiger partial charge in [0.2, 0.25) is 5.91 Å². The number of aromatic nitrogens is 2. The number of carbonyl (C=O) groups is 2. The maximum atomic E-state index is 12.9. The van der Waals surface area contributed by atoms with Crippen LogP contribution in [0.2, 0.25) is 0 Å². The van der Waals surface area contributed by atoms with Crippen molar-refractivity contribution in [1.29, 1.82) is 0 Å². The van der Waals surface area contributed by atoms with Crippen LogP contribution < -0.4 is 5.32 Å². The minimum absolute atomic E-state index is 0.0616. The van der Waals surface area contributed by atoms with Crippen molar-refractivity contribution in [2.24, 2.45) is 0 Å². The molecule has 4 rings (SSSR count). The standard InChI is InChI=1S/C23H27N5O3S/c1-15(2)17-4-6-18(7-5-17)22-24-19(14-32-22)23(30)28-10-8-27(9-11-28)13-21(29)25-20-12-16(3)31-26-20/h4-7,12,14-15H,8-11,13H2,1-3H3,(H,25,26,29). The molecule has 2 amide bonds. The Kier molecular flexibility index (Phi) is 6.66. The summed E-state index contributed by atoms with van der Waals surface area (Å²) in [5.74, 6) is 1.33. The minimum Gasteiger partial charge on any atom is -0.360 e. The highest BCUT2D eigenvalue weighted by molar-refractivity contribution is 7.13. The number of rotatable bonds is 6. The molecule has 0 radical (unpaired) electrons. The first-order chi connectivity index (χ1) is 15.4. The van der Waals surface area contributed by atoms with Gasteiger partial charge in [0.05, 0.1) is 6.54 Å². The van der Waals surface area contributed by atoms with Gasteiger partial charge in [-0.2, -0.15) is 0 Å². The van der Waals surface area contributed by atoms with Crippen LogP contribution in [0.5, 0.6) is 0 Å². The predicted molar refractivity (Wildman–Crippen MR) is 124 cm³/mol. The van der Waals surface area contributed by atoms with Crippen molar-refractivity contribution in [1.82, 2.24) is 19.9 Å². The molecule has 168 valence electrons. The molecule has 0 unspecified atom stereocenters. The zero-order valence-electron chi connectivity index (χ0n) is 18.5. The topological polar surface area (TPSA) is 91.6 Å². The van der Waals surface area contributed by atoms with Crippen LogP contribution in [0.4, 0.5) is 5.82 Å². The number of benzene rings is 1. The molecule has 8 nitrogen and oxygen atoms in total. The second kappa shape index (κ2) is 9.62. The molecule has 1 N–H and O–H groups in total. The first kappa shape index (κ1) is 22.2. The number of nitrogens with zero attached hydrogens (tertiary/aromatic N) is 4. The number of hydrogen-bond donors (Lipinski definition) is 1. The van der Waals surface area contributed by atoms with Gasteiger partial charge in [0, 0.05) is 43.2 Å². The first-order valence-electron chi connectivity index (χ1n) is 10.7. The number of carbonyl (C=O) groups excluding carboxylic acids is 2. The number of hydrogen-bond acceptors (Lipinski definition) is 7. The van der Waals surface area contributed by atoms with E-state index in [4.69, 9.17) is 4.52 Å². The van der Waals surface area contributed by atoms with Gasteiger partial charge in [-0.1, -0.05) is 43.3 Å². The Morgan fingerprint density at radius 3 is 2.50 bits per heavy atom. The van der Waals surface area contributed by atoms with Gasteiger partial charge in [-0.15, -0.1) is 11.3 Å². The summed E-state index contributed by atoms with van der Waals surface area (Å²) in [5.41, 5.74) is 2.78. The Labute approximate surface area is 191 Å². The maximum Gasteiger partial charge on any atom is 0.273 e. The number of anilines is 1. The minimum atomic E-state index is -0.147. The van der Waals surface area contributed by atoms with Crippen molar-refractivity contribution < 1.29 is 14.1 Å². The Hall–Kier alpha value is -3.04. The summed E-state index contributed by atoms with van der Waals surface area (Å²) in [4.78, 5) is 33.5. The smallest absolute Gasteiger partial charge is 0.273 e. The van der Waals surface area contributed by atoms with E-state index in [1.54, 1.807) is 17.9 Å². The fourth-order valence-corrected chi connectivity index (χ4v) is 4.40. The molecule has 0 spiro atoms. The second-order valence-electron chi connectivity index (χ2n) is 8.25. The molecule has 9 heteroatoms. The van der Waals surface area contributed by atoms with Crippen LogP contribution in [0, 0.1) is 6.92 Å². The highest BCUT2D eigenvalue weighted by Crippen LogP contribution is 2.26. The summed E-state index contributed by atoms with van der Waals surface area (Å²) in [5, 5.41) is 9.17. The molecule has 1 fully saturated rings. The second-order valence-corrected chi connectivity index (χ2v) is 9.11. The summed E-state index contributed by atoms with van der Waals surface area (Å²) in [7, 11) is 0. The van der Waals surface area contributed by atoms with Gasteiger partial charge >= 0.3 is 0 Å². The summed E-state index contributed by atoms with van der Waals surface area (Å²) in [6.07, 6.45) is 0. The fraction of sp³-hybridized carbons (Fsp3) is 0.391. The third kappa shape index (κ3) is 5.23. The van der Waals surface area contributed by atoms with E-state index in [2.05, 4.69) is 53.6 Å². The largest absolute Gasteiger partial charge is 0.360 e.